The van der Waals surface area contributed by atoms with E-state index in [1.165, 1.54) is 12.0 Å². The van der Waals surface area contributed by atoms with Gasteiger partial charge in [0.25, 0.3) is 5.91 Å². The lowest BCUT2D eigenvalue weighted by molar-refractivity contribution is 0.0755. The molecule has 2 aromatic carbocycles. The second kappa shape index (κ2) is 8.31. The van der Waals surface area contributed by atoms with Gasteiger partial charge in [0.2, 0.25) is 0 Å². The van der Waals surface area contributed by atoms with E-state index in [0.717, 1.165) is 42.0 Å². The number of fused-ring (bicyclic) bond motifs is 2. The Morgan fingerprint density at radius 3 is 2.29 bits per heavy atom. The molecule has 2 bridgehead atoms. The van der Waals surface area contributed by atoms with Gasteiger partial charge in [0.05, 0.1) is 0 Å². The second-order valence-electron chi connectivity index (χ2n) is 7.95. The third-order valence-electron chi connectivity index (χ3n) is 5.88. The van der Waals surface area contributed by atoms with Crippen molar-refractivity contribution < 1.29 is 4.79 Å². The van der Waals surface area contributed by atoms with Crippen LogP contribution in [0.3, 0.4) is 0 Å². The molecule has 146 valence electrons. The van der Waals surface area contributed by atoms with Crippen molar-refractivity contribution >= 4 is 28.9 Å². The Bertz CT molecular complexity index is 823. The molecule has 0 aromatic heterocycles. The maximum Gasteiger partial charge on any atom is 0.251 e. The van der Waals surface area contributed by atoms with E-state index in [1.807, 2.05) is 61.5 Å². The summed E-state index contributed by atoms with van der Waals surface area (Å²) in [5, 5.41) is 7.47. The minimum atomic E-state index is 0.0292. The van der Waals surface area contributed by atoms with E-state index in [4.69, 9.17) is 12.2 Å². The molecule has 0 spiro atoms. The van der Waals surface area contributed by atoms with Crippen LogP contribution in [0.5, 0.6) is 0 Å². The molecule has 2 aromatic rings. The number of nitrogens with zero attached hydrogens (tertiary/aromatic N) is 1. The lowest BCUT2D eigenvalue weighted by atomic mass is 9.82. The molecule has 2 fully saturated rings. The monoisotopic (exact) mass is 393 g/mol. The number of hydrogen-bond donors (Lipinski definition) is 2. The molecule has 1 amide bonds. The second-order valence-corrected chi connectivity index (χ2v) is 8.34. The van der Waals surface area contributed by atoms with Crippen LogP contribution in [0.1, 0.15) is 48.0 Å². The van der Waals surface area contributed by atoms with Gasteiger partial charge in [-0.2, -0.15) is 0 Å². The van der Waals surface area contributed by atoms with Crippen molar-refractivity contribution in [2.45, 2.75) is 57.2 Å². The van der Waals surface area contributed by atoms with Gasteiger partial charge in [0.15, 0.2) is 5.11 Å². The fourth-order valence-electron chi connectivity index (χ4n) is 4.51. The summed E-state index contributed by atoms with van der Waals surface area (Å²) in [7, 11) is 0. The van der Waals surface area contributed by atoms with Crippen LogP contribution >= 0.6 is 12.2 Å². The minimum Gasteiger partial charge on any atom is -0.349 e. The molecule has 2 saturated heterocycles. The Kier molecular flexibility index (Phi) is 5.62. The Morgan fingerprint density at radius 1 is 1.00 bits per heavy atom. The molecule has 2 aliphatic heterocycles. The summed E-state index contributed by atoms with van der Waals surface area (Å²) >= 11 is 5.75. The fourth-order valence-corrected chi connectivity index (χ4v) is 4.93. The maximum atomic E-state index is 12.6. The van der Waals surface area contributed by atoms with Crippen LogP contribution in [0.15, 0.2) is 54.6 Å². The van der Waals surface area contributed by atoms with E-state index in [-0.39, 0.29) is 11.9 Å². The SMILES string of the molecule is Cc1ccc(C(=O)NC2C[C@@H]3CCC[C@@H](C2)N3C(=S)Nc2ccccc2)cc1. The van der Waals surface area contributed by atoms with Crippen molar-refractivity contribution in [2.24, 2.45) is 0 Å². The molecule has 2 N–H and O–H groups in total. The zero-order chi connectivity index (χ0) is 19.5. The first kappa shape index (κ1) is 18.9. The fraction of sp³-hybridized carbons (Fsp3) is 0.391. The molecule has 4 rings (SSSR count). The predicted octanol–water partition coefficient (Wildman–Crippen LogP) is 4.51. The largest absolute Gasteiger partial charge is 0.349 e. The first-order chi connectivity index (χ1) is 13.6. The van der Waals surface area contributed by atoms with Gasteiger partial charge in [-0.3, -0.25) is 4.79 Å². The topological polar surface area (TPSA) is 44.4 Å². The third-order valence-corrected chi connectivity index (χ3v) is 6.20. The summed E-state index contributed by atoms with van der Waals surface area (Å²) in [5.41, 5.74) is 2.93. The number of carbonyl (C=O) groups is 1. The summed E-state index contributed by atoms with van der Waals surface area (Å²) < 4.78 is 0. The molecule has 2 heterocycles. The zero-order valence-electron chi connectivity index (χ0n) is 16.2. The van der Waals surface area contributed by atoms with E-state index >= 15 is 0 Å². The Balaban J connectivity index is 1.41. The van der Waals surface area contributed by atoms with Crippen LogP contribution in [0.25, 0.3) is 0 Å². The summed E-state index contributed by atoms with van der Waals surface area (Å²) in [6, 6.07) is 18.9. The van der Waals surface area contributed by atoms with Crippen molar-refractivity contribution in [3.8, 4) is 0 Å². The van der Waals surface area contributed by atoms with Gasteiger partial charge in [-0.1, -0.05) is 35.9 Å². The molecule has 2 atom stereocenters. The minimum absolute atomic E-state index is 0.0292. The van der Waals surface area contributed by atoms with Crippen LogP contribution in [0.4, 0.5) is 5.69 Å². The van der Waals surface area contributed by atoms with Crippen LogP contribution in [-0.2, 0) is 0 Å². The number of carbonyl (C=O) groups excluding carboxylic acids is 1. The molecule has 0 saturated carbocycles. The van der Waals surface area contributed by atoms with E-state index in [2.05, 4.69) is 15.5 Å². The van der Waals surface area contributed by atoms with Crippen LogP contribution < -0.4 is 10.6 Å². The number of para-hydroxylation sites is 1. The maximum absolute atomic E-state index is 12.6. The standard InChI is InChI=1S/C23H27N3OS/c1-16-10-12-17(13-11-16)22(27)24-19-14-20-8-5-9-21(15-19)26(20)23(28)25-18-6-3-2-4-7-18/h2-4,6-7,10-13,19-21H,5,8-9,14-15H2,1H3,(H,24,27)(H,25,28)/t20-,21-/m0/s1. The van der Waals surface area contributed by atoms with Gasteiger partial charge in [-0.05, 0) is 75.5 Å². The number of amides is 1. The normalized spacial score (nSPS) is 23.8. The molecule has 0 unspecified atom stereocenters. The van der Waals surface area contributed by atoms with Crippen LogP contribution in [0, 0.1) is 6.92 Å². The van der Waals surface area contributed by atoms with Gasteiger partial charge >= 0.3 is 0 Å². The van der Waals surface area contributed by atoms with Crippen molar-refractivity contribution in [2.75, 3.05) is 5.32 Å². The number of rotatable bonds is 3. The van der Waals surface area contributed by atoms with Crippen LogP contribution in [0.2, 0.25) is 0 Å². The van der Waals surface area contributed by atoms with E-state index in [9.17, 15) is 4.79 Å². The molecule has 4 nitrogen and oxygen atoms in total. The molecular formula is C23H27N3OS. The predicted molar refractivity (Wildman–Crippen MR) is 118 cm³/mol. The number of benzene rings is 2. The van der Waals surface area contributed by atoms with Crippen molar-refractivity contribution in [3.05, 3.63) is 65.7 Å². The van der Waals surface area contributed by atoms with Gasteiger partial charge in [-0.25, -0.2) is 0 Å². The number of thiocarbonyl (C=S) groups is 1. The van der Waals surface area contributed by atoms with Gasteiger partial charge in [0, 0.05) is 29.4 Å². The summed E-state index contributed by atoms with van der Waals surface area (Å²) in [6.07, 6.45) is 5.39. The van der Waals surface area contributed by atoms with E-state index in [1.54, 1.807) is 0 Å². The summed E-state index contributed by atoms with van der Waals surface area (Å²) in [4.78, 5) is 15.0. The van der Waals surface area contributed by atoms with Crippen molar-refractivity contribution in [3.63, 3.8) is 0 Å². The molecule has 2 aliphatic rings. The highest BCUT2D eigenvalue weighted by atomic mass is 32.1. The van der Waals surface area contributed by atoms with E-state index in [0.29, 0.717) is 12.1 Å². The molecule has 0 aliphatic carbocycles. The number of piperidine rings is 2. The lowest BCUT2D eigenvalue weighted by Gasteiger charge is -2.50. The van der Waals surface area contributed by atoms with Crippen molar-refractivity contribution in [1.82, 2.24) is 10.2 Å². The lowest BCUT2D eigenvalue weighted by Crippen LogP contribution is -2.59. The Labute approximate surface area is 172 Å². The quantitative estimate of drug-likeness (QED) is 0.753. The van der Waals surface area contributed by atoms with E-state index < -0.39 is 0 Å². The average Bonchev–Trinajstić information content (AvgIpc) is 2.68. The first-order valence-electron chi connectivity index (χ1n) is 10.1. The number of aryl methyl sites for hydroxylation is 1. The highest BCUT2D eigenvalue weighted by molar-refractivity contribution is 7.80. The highest BCUT2D eigenvalue weighted by Gasteiger charge is 2.40. The molecule has 28 heavy (non-hydrogen) atoms. The summed E-state index contributed by atoms with van der Waals surface area (Å²) in [5.74, 6) is 0.0292. The molecular weight excluding hydrogens is 366 g/mol. The van der Waals surface area contributed by atoms with Crippen LogP contribution in [-0.4, -0.2) is 34.0 Å². The molecule has 5 heteroatoms. The Hall–Kier alpha value is -2.40. The van der Waals surface area contributed by atoms with Gasteiger partial charge in [0.1, 0.15) is 0 Å². The number of hydrogen-bond acceptors (Lipinski definition) is 2. The average molecular weight is 394 g/mol. The third kappa shape index (κ3) is 4.20. The smallest absolute Gasteiger partial charge is 0.251 e. The summed E-state index contributed by atoms with van der Waals surface area (Å²) in [6.45, 7) is 2.03. The first-order valence-corrected chi connectivity index (χ1v) is 10.5. The van der Waals surface area contributed by atoms with Gasteiger partial charge in [-0.15, -0.1) is 0 Å². The molecule has 0 radical (unpaired) electrons. The highest BCUT2D eigenvalue weighted by Crippen LogP contribution is 2.34. The Morgan fingerprint density at radius 2 is 1.64 bits per heavy atom. The number of anilines is 1. The number of nitrogens with one attached hydrogen (secondary N) is 2. The van der Waals surface area contributed by atoms with Gasteiger partial charge < -0.3 is 15.5 Å². The van der Waals surface area contributed by atoms with Crippen molar-refractivity contribution in [1.29, 1.82) is 0 Å². The zero-order valence-corrected chi connectivity index (χ0v) is 17.0.